The summed E-state index contributed by atoms with van der Waals surface area (Å²) < 4.78 is 0. The van der Waals surface area contributed by atoms with Gasteiger partial charge in [-0.2, -0.15) is 0 Å². The number of hydrogen-bond donors (Lipinski definition) is 1. The van der Waals surface area contributed by atoms with Gasteiger partial charge in [-0.15, -0.1) is 11.8 Å². The van der Waals surface area contributed by atoms with Gasteiger partial charge in [-0.05, 0) is 62.7 Å². The highest BCUT2D eigenvalue weighted by Crippen LogP contribution is 2.22. The Labute approximate surface area is 114 Å². The fourth-order valence-electron chi connectivity index (χ4n) is 2.58. The number of benzene rings is 1. The van der Waals surface area contributed by atoms with Gasteiger partial charge in [-0.25, -0.2) is 0 Å². The van der Waals surface area contributed by atoms with Crippen molar-refractivity contribution in [3.63, 3.8) is 0 Å². The van der Waals surface area contributed by atoms with Crippen molar-refractivity contribution < 1.29 is 5.11 Å². The van der Waals surface area contributed by atoms with E-state index in [0.29, 0.717) is 5.92 Å². The summed E-state index contributed by atoms with van der Waals surface area (Å²) in [5.74, 6) is 0.500. The van der Waals surface area contributed by atoms with Gasteiger partial charge in [-0.1, -0.05) is 12.1 Å². The molecule has 3 heteroatoms. The summed E-state index contributed by atoms with van der Waals surface area (Å²) in [6, 6.07) is 8.85. The quantitative estimate of drug-likeness (QED) is 0.847. The van der Waals surface area contributed by atoms with Crippen molar-refractivity contribution in [3.05, 3.63) is 29.8 Å². The molecule has 1 aliphatic rings. The van der Waals surface area contributed by atoms with Gasteiger partial charge >= 0.3 is 0 Å². The van der Waals surface area contributed by atoms with Crippen LogP contribution in [-0.4, -0.2) is 35.5 Å². The maximum Gasteiger partial charge on any atom is 0.0541 e. The number of rotatable bonds is 4. The third kappa shape index (κ3) is 3.74. The Bertz CT molecular complexity index is 355. The molecule has 0 radical (unpaired) electrons. The number of thioether (sulfide) groups is 1. The zero-order valence-corrected chi connectivity index (χ0v) is 12.1. The van der Waals surface area contributed by atoms with Gasteiger partial charge < -0.3 is 5.11 Å². The van der Waals surface area contributed by atoms with Crippen molar-refractivity contribution in [2.75, 3.05) is 19.3 Å². The number of piperidine rings is 1. The highest BCUT2D eigenvalue weighted by molar-refractivity contribution is 7.98. The highest BCUT2D eigenvalue weighted by atomic mass is 32.2. The standard InChI is InChI=1S/C15H23NOS/c1-12(17)14-7-9-16(10-8-14)11-13-3-5-15(18-2)6-4-13/h3-6,12,14,17H,7-11H2,1-2H3. The van der Waals surface area contributed by atoms with Crippen LogP contribution in [0.3, 0.4) is 0 Å². The molecule has 0 saturated carbocycles. The minimum absolute atomic E-state index is 0.145. The maximum atomic E-state index is 9.59. The van der Waals surface area contributed by atoms with Gasteiger partial charge in [0.25, 0.3) is 0 Å². The molecule has 1 atom stereocenters. The number of aliphatic hydroxyl groups is 1. The van der Waals surface area contributed by atoms with Crippen LogP contribution in [0.4, 0.5) is 0 Å². The Kier molecular flexibility index (Phi) is 5.10. The van der Waals surface area contributed by atoms with Crippen molar-refractivity contribution in [1.29, 1.82) is 0 Å². The summed E-state index contributed by atoms with van der Waals surface area (Å²) in [7, 11) is 0. The van der Waals surface area contributed by atoms with Crippen molar-refractivity contribution >= 4 is 11.8 Å². The summed E-state index contributed by atoms with van der Waals surface area (Å²) >= 11 is 1.79. The Balaban J connectivity index is 1.83. The Morgan fingerprint density at radius 1 is 1.28 bits per heavy atom. The molecule has 0 aliphatic carbocycles. The van der Waals surface area contributed by atoms with E-state index in [-0.39, 0.29) is 6.10 Å². The van der Waals surface area contributed by atoms with Crippen molar-refractivity contribution in [1.82, 2.24) is 4.90 Å². The molecular formula is C15H23NOS. The average molecular weight is 265 g/mol. The molecule has 1 fully saturated rings. The first kappa shape index (κ1) is 13.9. The first-order chi connectivity index (χ1) is 8.69. The van der Waals surface area contributed by atoms with Crippen molar-refractivity contribution in [2.45, 2.75) is 37.3 Å². The van der Waals surface area contributed by atoms with Crippen molar-refractivity contribution in [2.24, 2.45) is 5.92 Å². The van der Waals surface area contributed by atoms with Crippen LogP contribution < -0.4 is 0 Å². The smallest absolute Gasteiger partial charge is 0.0541 e. The molecule has 1 heterocycles. The first-order valence-corrected chi connectivity index (χ1v) is 7.95. The summed E-state index contributed by atoms with van der Waals surface area (Å²) in [6.45, 7) is 5.18. The summed E-state index contributed by atoms with van der Waals surface area (Å²) in [4.78, 5) is 3.82. The molecule has 1 unspecified atom stereocenters. The molecule has 1 aromatic carbocycles. The molecule has 1 aromatic rings. The summed E-state index contributed by atoms with van der Waals surface area (Å²) in [5.41, 5.74) is 1.39. The van der Waals surface area contributed by atoms with Crippen LogP contribution in [0.25, 0.3) is 0 Å². The Morgan fingerprint density at radius 3 is 2.39 bits per heavy atom. The molecule has 2 rings (SSSR count). The lowest BCUT2D eigenvalue weighted by Gasteiger charge is -2.33. The van der Waals surface area contributed by atoms with E-state index in [9.17, 15) is 5.11 Å². The van der Waals surface area contributed by atoms with Gasteiger partial charge in [-0.3, -0.25) is 4.90 Å². The number of likely N-dealkylation sites (tertiary alicyclic amines) is 1. The van der Waals surface area contributed by atoms with Crippen LogP contribution in [0.5, 0.6) is 0 Å². The second kappa shape index (κ2) is 6.60. The second-order valence-corrected chi connectivity index (χ2v) is 6.08. The maximum absolute atomic E-state index is 9.59. The lowest BCUT2D eigenvalue weighted by molar-refractivity contribution is 0.0695. The zero-order chi connectivity index (χ0) is 13.0. The molecule has 1 saturated heterocycles. The molecule has 100 valence electrons. The predicted molar refractivity (Wildman–Crippen MR) is 77.9 cm³/mol. The molecule has 1 aliphatic heterocycles. The van der Waals surface area contributed by atoms with E-state index in [0.717, 1.165) is 32.5 Å². The van der Waals surface area contributed by atoms with E-state index < -0.39 is 0 Å². The zero-order valence-electron chi connectivity index (χ0n) is 11.3. The van der Waals surface area contributed by atoms with Crippen molar-refractivity contribution in [3.8, 4) is 0 Å². The number of hydrogen-bond acceptors (Lipinski definition) is 3. The second-order valence-electron chi connectivity index (χ2n) is 5.20. The van der Waals surface area contributed by atoms with Gasteiger partial charge in [0, 0.05) is 11.4 Å². The average Bonchev–Trinajstić information content (AvgIpc) is 2.40. The lowest BCUT2D eigenvalue weighted by atomic mass is 9.92. The summed E-state index contributed by atoms with van der Waals surface area (Å²) in [6.07, 6.45) is 4.21. The van der Waals surface area contributed by atoms with Gasteiger partial charge in [0.05, 0.1) is 6.10 Å². The third-order valence-corrected chi connectivity index (χ3v) is 4.62. The van der Waals surface area contributed by atoms with Crippen LogP contribution >= 0.6 is 11.8 Å². The Morgan fingerprint density at radius 2 is 1.89 bits per heavy atom. The molecule has 1 N–H and O–H groups in total. The normalized spacial score (nSPS) is 19.9. The predicted octanol–water partition coefficient (Wildman–Crippen LogP) is 3.00. The molecular weight excluding hydrogens is 242 g/mol. The molecule has 0 aromatic heterocycles. The van der Waals surface area contributed by atoms with Crippen LogP contribution in [0.2, 0.25) is 0 Å². The fraction of sp³-hybridized carbons (Fsp3) is 0.600. The summed E-state index contributed by atoms with van der Waals surface area (Å²) in [5, 5.41) is 9.59. The first-order valence-electron chi connectivity index (χ1n) is 6.72. The van der Waals surface area contributed by atoms with E-state index in [4.69, 9.17) is 0 Å². The fourth-order valence-corrected chi connectivity index (χ4v) is 2.99. The Hall–Kier alpha value is -0.510. The van der Waals surface area contributed by atoms with E-state index in [2.05, 4.69) is 35.4 Å². The molecule has 0 spiro atoms. The van der Waals surface area contributed by atoms with E-state index >= 15 is 0 Å². The number of nitrogens with zero attached hydrogens (tertiary/aromatic N) is 1. The molecule has 18 heavy (non-hydrogen) atoms. The van der Waals surface area contributed by atoms with E-state index in [1.165, 1.54) is 10.5 Å². The SMILES string of the molecule is CSc1ccc(CN2CCC(C(C)O)CC2)cc1. The van der Waals surface area contributed by atoms with Crippen LogP contribution in [0.15, 0.2) is 29.2 Å². The van der Waals surface area contributed by atoms with Gasteiger partial charge in [0.1, 0.15) is 0 Å². The highest BCUT2D eigenvalue weighted by Gasteiger charge is 2.22. The molecule has 2 nitrogen and oxygen atoms in total. The van der Waals surface area contributed by atoms with E-state index in [1.807, 2.05) is 6.92 Å². The van der Waals surface area contributed by atoms with Crippen LogP contribution in [0, 0.1) is 5.92 Å². The number of aliphatic hydroxyl groups excluding tert-OH is 1. The van der Waals surface area contributed by atoms with Gasteiger partial charge in [0.2, 0.25) is 0 Å². The largest absolute Gasteiger partial charge is 0.393 e. The van der Waals surface area contributed by atoms with Crippen LogP contribution in [-0.2, 0) is 6.54 Å². The third-order valence-electron chi connectivity index (χ3n) is 3.88. The van der Waals surface area contributed by atoms with Crippen LogP contribution in [0.1, 0.15) is 25.3 Å². The minimum atomic E-state index is -0.145. The van der Waals surface area contributed by atoms with E-state index in [1.54, 1.807) is 11.8 Å². The topological polar surface area (TPSA) is 23.5 Å². The lowest BCUT2D eigenvalue weighted by Crippen LogP contribution is -2.36. The minimum Gasteiger partial charge on any atom is -0.393 e. The molecule has 0 amide bonds. The van der Waals surface area contributed by atoms with Gasteiger partial charge in [0.15, 0.2) is 0 Å². The molecule has 0 bridgehead atoms. The monoisotopic (exact) mass is 265 g/mol.